The summed E-state index contributed by atoms with van der Waals surface area (Å²) in [5, 5.41) is 19.4. The average molecular weight is 312 g/mol. The van der Waals surface area contributed by atoms with Crippen molar-refractivity contribution in [1.29, 1.82) is 5.26 Å². The van der Waals surface area contributed by atoms with Crippen molar-refractivity contribution in [2.45, 2.75) is 18.6 Å². The van der Waals surface area contributed by atoms with E-state index in [-0.39, 0.29) is 11.6 Å². The third-order valence-corrected chi connectivity index (χ3v) is 4.15. The van der Waals surface area contributed by atoms with Crippen LogP contribution in [0.5, 0.6) is 5.75 Å². The maximum Gasteiger partial charge on any atom is 0.124 e. The molecule has 0 unspecified atom stereocenters. The van der Waals surface area contributed by atoms with Crippen molar-refractivity contribution in [2.75, 3.05) is 18.6 Å². The molecule has 0 aromatic heterocycles. The summed E-state index contributed by atoms with van der Waals surface area (Å²) in [5.41, 5.74) is 1.90. The summed E-state index contributed by atoms with van der Waals surface area (Å²) in [6.07, 6.45) is 0.0536. The summed E-state index contributed by atoms with van der Waals surface area (Å²) >= 11 is 0. The van der Waals surface area contributed by atoms with Gasteiger partial charge in [-0.3, -0.25) is 0 Å². The van der Waals surface area contributed by atoms with Gasteiger partial charge in [-0.2, -0.15) is 5.26 Å². The molecule has 1 fully saturated rings. The molecular weight excluding hydrogens is 295 g/mol. The molecule has 0 radical (unpaired) electrons. The van der Waals surface area contributed by atoms with Crippen molar-refractivity contribution in [1.82, 2.24) is 0 Å². The third kappa shape index (κ3) is 2.99. The van der Waals surface area contributed by atoms with Crippen LogP contribution in [0.1, 0.15) is 23.6 Å². The molecule has 0 saturated carbocycles. The van der Waals surface area contributed by atoms with E-state index in [1.807, 2.05) is 35.2 Å². The monoisotopic (exact) mass is 312 g/mol. The van der Waals surface area contributed by atoms with E-state index >= 15 is 0 Å². The second-order valence-corrected chi connectivity index (χ2v) is 5.61. The lowest BCUT2D eigenvalue weighted by atomic mass is 10.0. The van der Waals surface area contributed by atoms with E-state index in [0.29, 0.717) is 18.7 Å². The third-order valence-electron chi connectivity index (χ3n) is 4.15. The lowest BCUT2D eigenvalue weighted by Crippen LogP contribution is -2.25. The number of aliphatic hydroxyl groups is 1. The average Bonchev–Trinajstić information content (AvgIpc) is 2.96. The van der Waals surface area contributed by atoms with Crippen LogP contribution in [0.25, 0.3) is 0 Å². The molecule has 1 heterocycles. The van der Waals surface area contributed by atoms with Crippen molar-refractivity contribution in [3.8, 4) is 11.8 Å². The Morgan fingerprint density at radius 3 is 2.87 bits per heavy atom. The first kappa shape index (κ1) is 15.3. The topological polar surface area (TPSA) is 56.5 Å². The number of halogens is 1. The number of nitrogens with zero attached hydrogens (tertiary/aromatic N) is 2. The highest BCUT2D eigenvalue weighted by Gasteiger charge is 2.33. The van der Waals surface area contributed by atoms with Gasteiger partial charge in [0.25, 0.3) is 0 Å². The van der Waals surface area contributed by atoms with Gasteiger partial charge in [0.15, 0.2) is 0 Å². The van der Waals surface area contributed by atoms with Crippen LogP contribution in [0.3, 0.4) is 0 Å². The zero-order valence-corrected chi connectivity index (χ0v) is 12.7. The van der Waals surface area contributed by atoms with E-state index in [1.165, 1.54) is 12.1 Å². The van der Waals surface area contributed by atoms with E-state index in [9.17, 15) is 14.8 Å². The van der Waals surface area contributed by atoms with Crippen molar-refractivity contribution >= 4 is 5.69 Å². The molecule has 0 aliphatic carbocycles. The molecule has 5 heteroatoms. The van der Waals surface area contributed by atoms with Crippen LogP contribution in [0.15, 0.2) is 42.5 Å². The number of anilines is 1. The molecule has 23 heavy (non-hydrogen) atoms. The zero-order chi connectivity index (χ0) is 16.4. The quantitative estimate of drug-likeness (QED) is 0.946. The van der Waals surface area contributed by atoms with Crippen molar-refractivity contribution in [3.05, 3.63) is 59.4 Å². The number of β-amino-alcohol motifs (C(OH)–C–C–N with tert-alkyl or cyclic N) is 1. The van der Waals surface area contributed by atoms with Gasteiger partial charge in [0.1, 0.15) is 17.6 Å². The Morgan fingerprint density at radius 2 is 2.13 bits per heavy atom. The number of benzene rings is 2. The van der Waals surface area contributed by atoms with Crippen LogP contribution < -0.4 is 9.64 Å². The van der Waals surface area contributed by atoms with Crippen LogP contribution in [0.4, 0.5) is 10.1 Å². The van der Waals surface area contributed by atoms with Crippen molar-refractivity contribution < 1.29 is 14.2 Å². The molecular formula is C18H17FN2O2. The lowest BCUT2D eigenvalue weighted by molar-refractivity contribution is 0.194. The fourth-order valence-electron chi connectivity index (χ4n) is 3.09. The number of methoxy groups -OCH3 is 1. The molecule has 3 rings (SSSR count). The molecule has 1 saturated heterocycles. The van der Waals surface area contributed by atoms with Crippen LogP contribution in [-0.4, -0.2) is 24.9 Å². The number of aliphatic hydroxyl groups excluding tert-OH is 1. The molecule has 1 N–H and O–H groups in total. The summed E-state index contributed by atoms with van der Waals surface area (Å²) in [4.78, 5) is 1.96. The Balaban J connectivity index is 2.02. The van der Waals surface area contributed by atoms with Gasteiger partial charge in [-0.15, -0.1) is 0 Å². The number of nitriles is 1. The lowest BCUT2D eigenvalue weighted by Gasteiger charge is -2.28. The largest absolute Gasteiger partial charge is 0.497 e. The number of ether oxygens (including phenoxy) is 1. The van der Waals surface area contributed by atoms with Crippen molar-refractivity contribution in [3.63, 3.8) is 0 Å². The fourth-order valence-corrected chi connectivity index (χ4v) is 3.09. The van der Waals surface area contributed by atoms with Crippen LogP contribution >= 0.6 is 0 Å². The first-order chi connectivity index (χ1) is 11.1. The van der Waals surface area contributed by atoms with E-state index < -0.39 is 11.9 Å². The molecule has 0 bridgehead atoms. The highest BCUT2D eigenvalue weighted by atomic mass is 19.1. The molecule has 1 aliphatic heterocycles. The van der Waals surface area contributed by atoms with Gasteiger partial charge in [-0.25, -0.2) is 4.39 Å². The van der Waals surface area contributed by atoms with Gasteiger partial charge in [-0.1, -0.05) is 12.1 Å². The van der Waals surface area contributed by atoms with Gasteiger partial charge in [-0.05, 0) is 42.3 Å². The Labute approximate surface area is 134 Å². The smallest absolute Gasteiger partial charge is 0.124 e. The van der Waals surface area contributed by atoms with Gasteiger partial charge in [0, 0.05) is 6.54 Å². The molecule has 1 aliphatic rings. The summed E-state index contributed by atoms with van der Waals surface area (Å²) in [6, 6.07) is 13.7. The molecule has 2 aromatic carbocycles. The van der Waals surface area contributed by atoms with E-state index in [0.717, 1.165) is 11.3 Å². The molecule has 4 nitrogen and oxygen atoms in total. The molecule has 118 valence electrons. The number of rotatable bonds is 3. The molecule has 0 spiro atoms. The Morgan fingerprint density at radius 1 is 1.30 bits per heavy atom. The maximum absolute atomic E-state index is 13.4. The summed E-state index contributed by atoms with van der Waals surface area (Å²) < 4.78 is 18.6. The van der Waals surface area contributed by atoms with E-state index in [4.69, 9.17) is 4.74 Å². The molecule has 2 atom stereocenters. The highest BCUT2D eigenvalue weighted by Crippen LogP contribution is 2.38. The van der Waals surface area contributed by atoms with Gasteiger partial charge in [0.2, 0.25) is 0 Å². The molecule has 2 aromatic rings. The molecule has 0 amide bonds. The predicted octanol–water partition coefficient (Wildman–Crippen LogP) is 3.02. The predicted molar refractivity (Wildman–Crippen MR) is 84.8 cm³/mol. The van der Waals surface area contributed by atoms with Gasteiger partial charge < -0.3 is 14.7 Å². The Bertz CT molecular complexity index is 757. The van der Waals surface area contributed by atoms with E-state index in [1.54, 1.807) is 13.2 Å². The highest BCUT2D eigenvalue weighted by molar-refractivity contribution is 5.61. The minimum atomic E-state index is -0.497. The van der Waals surface area contributed by atoms with E-state index in [2.05, 4.69) is 0 Å². The summed E-state index contributed by atoms with van der Waals surface area (Å²) in [5.74, 6) is 0.298. The summed E-state index contributed by atoms with van der Waals surface area (Å²) in [6.45, 7) is 0.405. The van der Waals surface area contributed by atoms with Gasteiger partial charge in [0.05, 0.1) is 30.5 Å². The first-order valence-corrected chi connectivity index (χ1v) is 7.40. The minimum Gasteiger partial charge on any atom is -0.497 e. The number of hydrogen-bond donors (Lipinski definition) is 1. The number of hydrogen-bond acceptors (Lipinski definition) is 4. The van der Waals surface area contributed by atoms with Crippen molar-refractivity contribution in [2.24, 2.45) is 0 Å². The zero-order valence-electron chi connectivity index (χ0n) is 12.7. The second-order valence-electron chi connectivity index (χ2n) is 5.61. The Hall–Kier alpha value is -2.58. The minimum absolute atomic E-state index is 0.0855. The second kappa shape index (κ2) is 6.27. The maximum atomic E-state index is 13.4. The van der Waals surface area contributed by atoms with Gasteiger partial charge >= 0.3 is 0 Å². The fraction of sp³-hybridized carbons (Fsp3) is 0.278. The normalized spacial score (nSPS) is 20.3. The standard InChI is InChI=1S/C18H17FN2O2/c1-23-16-4-2-3-12(8-16)18-9-15(22)11-21(18)17-6-5-14(19)7-13(17)10-20/h2-8,15,18,22H,9,11H2,1H3/t15-,18-/m0/s1. The Kier molecular flexibility index (Phi) is 4.18. The first-order valence-electron chi connectivity index (χ1n) is 7.40. The van der Waals surface area contributed by atoms with Crippen LogP contribution in [0, 0.1) is 17.1 Å². The van der Waals surface area contributed by atoms with Crippen LogP contribution in [0.2, 0.25) is 0 Å². The summed E-state index contributed by atoms with van der Waals surface area (Å²) in [7, 11) is 1.61. The SMILES string of the molecule is COc1cccc([C@@H]2C[C@H](O)CN2c2ccc(F)cc2C#N)c1. The van der Waals surface area contributed by atoms with Crippen LogP contribution in [-0.2, 0) is 0 Å².